The first-order valence-electron chi connectivity index (χ1n) is 7.99. The molecule has 1 nitrogen and oxygen atoms in total. The fourth-order valence-electron chi connectivity index (χ4n) is 3.00. The topological polar surface area (TPSA) is 3.88 Å². The van der Waals surface area contributed by atoms with E-state index < -0.39 is 0 Å². The fraction of sp³-hybridized carbons (Fsp3) is 0.450. The molecule has 1 aromatic heterocycles. The number of aryl methyl sites for hydroxylation is 3. The standard InChI is InChI=1S/C20H28N/c1-7-20(5,8-2)17-10-12-19(21(6)14-17)18-11-9-15(3)13-16(18)4/h9-14H,7-8H2,1-6H3/q+1. The molecule has 0 aliphatic rings. The van der Waals surface area contributed by atoms with Crippen LogP contribution < -0.4 is 4.57 Å². The number of pyridine rings is 1. The number of hydrogen-bond acceptors (Lipinski definition) is 0. The van der Waals surface area contributed by atoms with Gasteiger partial charge in [0.1, 0.15) is 7.05 Å². The summed E-state index contributed by atoms with van der Waals surface area (Å²) in [6.45, 7) is 11.3. The number of benzene rings is 1. The van der Waals surface area contributed by atoms with Gasteiger partial charge in [-0.05, 0) is 49.8 Å². The molecule has 0 amide bonds. The summed E-state index contributed by atoms with van der Waals surface area (Å²) in [7, 11) is 2.16. The second-order valence-electron chi connectivity index (χ2n) is 6.50. The van der Waals surface area contributed by atoms with E-state index in [2.05, 4.69) is 82.8 Å². The highest BCUT2D eigenvalue weighted by molar-refractivity contribution is 5.61. The quantitative estimate of drug-likeness (QED) is 0.704. The highest BCUT2D eigenvalue weighted by atomic mass is 14.9. The predicted molar refractivity (Wildman–Crippen MR) is 90.5 cm³/mol. The molecule has 0 saturated heterocycles. The van der Waals surface area contributed by atoms with Crippen molar-refractivity contribution in [2.45, 2.75) is 52.9 Å². The number of hydrogen-bond donors (Lipinski definition) is 0. The molecule has 0 unspecified atom stereocenters. The maximum Gasteiger partial charge on any atom is 0.212 e. The highest BCUT2D eigenvalue weighted by Crippen LogP contribution is 2.31. The van der Waals surface area contributed by atoms with Gasteiger partial charge < -0.3 is 0 Å². The first-order valence-corrected chi connectivity index (χ1v) is 7.99. The van der Waals surface area contributed by atoms with E-state index in [0.29, 0.717) is 0 Å². The smallest absolute Gasteiger partial charge is 0.201 e. The molecule has 0 saturated carbocycles. The second-order valence-corrected chi connectivity index (χ2v) is 6.50. The first kappa shape index (κ1) is 15.8. The minimum Gasteiger partial charge on any atom is -0.201 e. The third-order valence-corrected chi connectivity index (χ3v) is 5.05. The summed E-state index contributed by atoms with van der Waals surface area (Å²) < 4.78 is 2.27. The Morgan fingerprint density at radius 3 is 2.19 bits per heavy atom. The van der Waals surface area contributed by atoms with Gasteiger partial charge in [0.15, 0.2) is 6.20 Å². The van der Waals surface area contributed by atoms with Crippen molar-refractivity contribution in [2.24, 2.45) is 7.05 Å². The molecule has 1 heteroatoms. The predicted octanol–water partition coefficient (Wildman–Crippen LogP) is 4.87. The largest absolute Gasteiger partial charge is 0.212 e. The number of nitrogens with zero attached hydrogens (tertiary/aromatic N) is 1. The van der Waals surface area contributed by atoms with Crippen LogP contribution in [-0.4, -0.2) is 0 Å². The maximum absolute atomic E-state index is 2.36. The van der Waals surface area contributed by atoms with E-state index in [9.17, 15) is 0 Å². The summed E-state index contributed by atoms with van der Waals surface area (Å²) in [5.74, 6) is 0. The average Bonchev–Trinajstić information content (AvgIpc) is 2.47. The maximum atomic E-state index is 2.36. The molecule has 0 spiro atoms. The van der Waals surface area contributed by atoms with Crippen LogP contribution in [0.15, 0.2) is 36.5 Å². The van der Waals surface area contributed by atoms with Gasteiger partial charge >= 0.3 is 0 Å². The van der Waals surface area contributed by atoms with Crippen LogP contribution in [-0.2, 0) is 12.5 Å². The Morgan fingerprint density at radius 2 is 1.67 bits per heavy atom. The van der Waals surface area contributed by atoms with Crippen LogP contribution in [0.4, 0.5) is 0 Å². The molecule has 0 aliphatic carbocycles. The van der Waals surface area contributed by atoms with E-state index in [4.69, 9.17) is 0 Å². The van der Waals surface area contributed by atoms with E-state index in [0.717, 1.165) is 0 Å². The molecule has 0 atom stereocenters. The molecule has 2 rings (SSSR count). The van der Waals surface area contributed by atoms with Crippen LogP contribution in [0.25, 0.3) is 11.3 Å². The van der Waals surface area contributed by atoms with Crippen molar-refractivity contribution in [2.75, 3.05) is 0 Å². The van der Waals surface area contributed by atoms with Crippen molar-refractivity contribution in [3.8, 4) is 11.3 Å². The third-order valence-electron chi connectivity index (χ3n) is 5.05. The Morgan fingerprint density at radius 1 is 1.00 bits per heavy atom. The lowest BCUT2D eigenvalue weighted by Gasteiger charge is -2.26. The molecule has 1 aromatic carbocycles. The Bertz CT molecular complexity index is 636. The first-order chi connectivity index (χ1) is 9.91. The van der Waals surface area contributed by atoms with Crippen molar-refractivity contribution in [1.82, 2.24) is 0 Å². The van der Waals surface area contributed by atoms with Crippen LogP contribution in [0, 0.1) is 13.8 Å². The molecular formula is C20H28N+. The Balaban J connectivity index is 2.49. The van der Waals surface area contributed by atoms with Crippen molar-refractivity contribution in [3.05, 3.63) is 53.2 Å². The Labute approximate surface area is 129 Å². The highest BCUT2D eigenvalue weighted by Gasteiger charge is 2.25. The van der Waals surface area contributed by atoms with E-state index in [1.165, 1.54) is 40.8 Å². The lowest BCUT2D eigenvalue weighted by molar-refractivity contribution is -0.661. The molecule has 0 N–H and O–H groups in total. The summed E-state index contributed by atoms with van der Waals surface area (Å²) in [6, 6.07) is 11.3. The number of aromatic nitrogens is 1. The normalized spacial score (nSPS) is 11.7. The van der Waals surface area contributed by atoms with Crippen LogP contribution in [0.5, 0.6) is 0 Å². The molecular weight excluding hydrogens is 254 g/mol. The van der Waals surface area contributed by atoms with Gasteiger partial charge in [-0.1, -0.05) is 38.5 Å². The third kappa shape index (κ3) is 3.02. The van der Waals surface area contributed by atoms with Gasteiger partial charge in [0.25, 0.3) is 0 Å². The zero-order valence-electron chi connectivity index (χ0n) is 14.3. The lowest BCUT2D eigenvalue weighted by Crippen LogP contribution is -2.34. The van der Waals surface area contributed by atoms with E-state index in [-0.39, 0.29) is 5.41 Å². The number of rotatable bonds is 4. The van der Waals surface area contributed by atoms with Crippen LogP contribution >= 0.6 is 0 Å². The Hall–Kier alpha value is -1.63. The van der Waals surface area contributed by atoms with Gasteiger partial charge in [-0.3, -0.25) is 0 Å². The molecule has 21 heavy (non-hydrogen) atoms. The zero-order valence-corrected chi connectivity index (χ0v) is 14.3. The molecule has 112 valence electrons. The molecule has 0 aliphatic heterocycles. The van der Waals surface area contributed by atoms with Crippen molar-refractivity contribution >= 4 is 0 Å². The fourth-order valence-corrected chi connectivity index (χ4v) is 3.00. The molecule has 1 heterocycles. The van der Waals surface area contributed by atoms with Gasteiger partial charge in [-0.15, -0.1) is 0 Å². The summed E-state index contributed by atoms with van der Waals surface area (Å²) in [4.78, 5) is 0. The van der Waals surface area contributed by atoms with Gasteiger partial charge in [0.05, 0.1) is 0 Å². The summed E-state index contributed by atoms with van der Waals surface area (Å²) in [5, 5.41) is 0. The second kappa shape index (κ2) is 6.01. The van der Waals surface area contributed by atoms with Crippen LogP contribution in [0.2, 0.25) is 0 Å². The van der Waals surface area contributed by atoms with Gasteiger partial charge in [-0.25, -0.2) is 4.57 Å². The monoisotopic (exact) mass is 282 g/mol. The molecule has 0 fully saturated rings. The SMILES string of the molecule is CCC(C)(CC)c1ccc(-c2ccc(C)cc2C)[n+](C)c1. The zero-order chi connectivity index (χ0) is 15.6. The van der Waals surface area contributed by atoms with Gasteiger partial charge in [0.2, 0.25) is 5.69 Å². The summed E-state index contributed by atoms with van der Waals surface area (Å²) >= 11 is 0. The Kier molecular flexibility index (Phi) is 4.51. The molecule has 0 radical (unpaired) electrons. The van der Waals surface area contributed by atoms with Crippen molar-refractivity contribution in [3.63, 3.8) is 0 Å². The van der Waals surface area contributed by atoms with E-state index in [1.54, 1.807) is 0 Å². The minimum atomic E-state index is 0.276. The van der Waals surface area contributed by atoms with E-state index in [1.807, 2.05) is 0 Å². The van der Waals surface area contributed by atoms with E-state index >= 15 is 0 Å². The lowest BCUT2D eigenvalue weighted by atomic mass is 9.78. The average molecular weight is 282 g/mol. The molecule has 0 bridgehead atoms. The van der Waals surface area contributed by atoms with Crippen LogP contribution in [0.3, 0.4) is 0 Å². The van der Waals surface area contributed by atoms with Crippen molar-refractivity contribution < 1.29 is 4.57 Å². The minimum absolute atomic E-state index is 0.276. The van der Waals surface area contributed by atoms with Crippen LogP contribution in [0.1, 0.15) is 50.3 Å². The molecule has 2 aromatic rings. The van der Waals surface area contributed by atoms with Gasteiger partial charge in [0, 0.05) is 17.2 Å². The van der Waals surface area contributed by atoms with Gasteiger partial charge in [-0.2, -0.15) is 0 Å². The van der Waals surface area contributed by atoms with Crippen molar-refractivity contribution in [1.29, 1.82) is 0 Å². The summed E-state index contributed by atoms with van der Waals surface area (Å²) in [6.07, 6.45) is 4.65. The summed E-state index contributed by atoms with van der Waals surface area (Å²) in [5.41, 5.74) is 6.98.